The minimum Gasteiger partial charge on any atom is -0.166 e. The van der Waals surface area contributed by atoms with E-state index in [0.717, 1.165) is 18.4 Å². The molecular formula is C11H10ClF3. The van der Waals surface area contributed by atoms with Crippen molar-refractivity contribution >= 4 is 11.6 Å². The van der Waals surface area contributed by atoms with Gasteiger partial charge in [-0.25, -0.2) is 0 Å². The molecule has 1 aromatic rings. The molecule has 0 saturated heterocycles. The van der Waals surface area contributed by atoms with E-state index in [4.69, 9.17) is 11.6 Å². The fraction of sp³-hybridized carbons (Fsp3) is 0.455. The van der Waals surface area contributed by atoms with Gasteiger partial charge in [0.15, 0.2) is 0 Å². The molecule has 1 saturated carbocycles. The molecule has 0 amide bonds. The fourth-order valence-electron chi connectivity index (χ4n) is 1.66. The lowest BCUT2D eigenvalue weighted by molar-refractivity contribution is -0.137. The van der Waals surface area contributed by atoms with Crippen LogP contribution in [0.15, 0.2) is 12.1 Å². The quantitative estimate of drug-likeness (QED) is 0.669. The van der Waals surface area contributed by atoms with Gasteiger partial charge < -0.3 is 0 Å². The van der Waals surface area contributed by atoms with E-state index in [-0.39, 0.29) is 5.02 Å². The lowest BCUT2D eigenvalue weighted by Gasteiger charge is -2.13. The first-order chi connectivity index (χ1) is 6.89. The van der Waals surface area contributed by atoms with Gasteiger partial charge in [0.2, 0.25) is 0 Å². The van der Waals surface area contributed by atoms with Crippen LogP contribution in [0.1, 0.15) is 35.4 Å². The maximum absolute atomic E-state index is 12.6. The molecule has 0 nitrogen and oxygen atoms in total. The smallest absolute Gasteiger partial charge is 0.166 e. The van der Waals surface area contributed by atoms with E-state index >= 15 is 0 Å². The lowest BCUT2D eigenvalue weighted by Crippen LogP contribution is -2.07. The summed E-state index contributed by atoms with van der Waals surface area (Å²) in [6, 6.07) is 2.95. The molecule has 0 radical (unpaired) electrons. The Morgan fingerprint density at radius 3 is 2.33 bits per heavy atom. The van der Waals surface area contributed by atoms with Gasteiger partial charge in [-0.15, -0.1) is 0 Å². The van der Waals surface area contributed by atoms with Crippen molar-refractivity contribution in [3.8, 4) is 0 Å². The summed E-state index contributed by atoms with van der Waals surface area (Å²) in [5.41, 5.74) is 0.573. The normalized spacial score (nSPS) is 16.9. The predicted molar refractivity (Wildman–Crippen MR) is 53.2 cm³/mol. The van der Waals surface area contributed by atoms with E-state index in [9.17, 15) is 13.2 Å². The van der Waals surface area contributed by atoms with Gasteiger partial charge in [-0.3, -0.25) is 0 Å². The summed E-state index contributed by atoms with van der Waals surface area (Å²) < 4.78 is 37.8. The first kappa shape index (κ1) is 10.8. The molecule has 1 aliphatic carbocycles. The summed E-state index contributed by atoms with van der Waals surface area (Å²) in [7, 11) is 0. The van der Waals surface area contributed by atoms with Gasteiger partial charge in [0.05, 0.1) is 10.6 Å². The predicted octanol–water partition coefficient (Wildman–Crippen LogP) is 4.54. The molecule has 0 heterocycles. The molecule has 0 spiro atoms. The van der Waals surface area contributed by atoms with Gasteiger partial charge in [0.1, 0.15) is 0 Å². The van der Waals surface area contributed by atoms with Gasteiger partial charge in [-0.2, -0.15) is 13.2 Å². The highest BCUT2D eigenvalue weighted by atomic mass is 35.5. The summed E-state index contributed by atoms with van der Waals surface area (Å²) in [4.78, 5) is 0. The second kappa shape index (κ2) is 3.41. The molecule has 15 heavy (non-hydrogen) atoms. The highest BCUT2D eigenvalue weighted by Gasteiger charge is 2.35. The first-order valence-electron chi connectivity index (χ1n) is 4.77. The summed E-state index contributed by atoms with van der Waals surface area (Å²) in [6.45, 7) is 1.61. The summed E-state index contributed by atoms with van der Waals surface area (Å²) >= 11 is 5.65. The fourth-order valence-corrected chi connectivity index (χ4v) is 1.87. The standard InChI is InChI=1S/C11H10ClF3/c1-6-4-8(7-2-3-7)5-9(10(6)12)11(13,14)15/h4-5,7H,2-3H2,1H3. The Balaban J connectivity index is 2.52. The SMILES string of the molecule is Cc1cc(C2CC2)cc(C(F)(F)F)c1Cl. The molecule has 2 rings (SSSR count). The second-order valence-electron chi connectivity index (χ2n) is 3.97. The highest BCUT2D eigenvalue weighted by molar-refractivity contribution is 6.32. The number of halogens is 4. The van der Waals surface area contributed by atoms with E-state index in [1.807, 2.05) is 0 Å². The van der Waals surface area contributed by atoms with Gasteiger partial charge in [-0.05, 0) is 42.9 Å². The minimum absolute atomic E-state index is 0.174. The van der Waals surface area contributed by atoms with Crippen molar-refractivity contribution in [2.75, 3.05) is 0 Å². The third-order valence-electron chi connectivity index (χ3n) is 2.63. The molecule has 0 aromatic heterocycles. The van der Waals surface area contributed by atoms with Gasteiger partial charge in [-0.1, -0.05) is 17.7 Å². The Kier molecular flexibility index (Phi) is 2.45. The number of hydrogen-bond acceptors (Lipinski definition) is 0. The third kappa shape index (κ3) is 2.12. The maximum Gasteiger partial charge on any atom is 0.417 e. The molecule has 1 fully saturated rings. The van der Waals surface area contributed by atoms with Crippen molar-refractivity contribution in [2.24, 2.45) is 0 Å². The summed E-state index contributed by atoms with van der Waals surface area (Å²) in [6.07, 6.45) is -2.39. The van der Waals surface area contributed by atoms with Crippen LogP contribution in [-0.2, 0) is 6.18 Å². The van der Waals surface area contributed by atoms with E-state index in [1.165, 1.54) is 6.07 Å². The Labute approximate surface area is 91.1 Å². The van der Waals surface area contributed by atoms with Crippen molar-refractivity contribution in [1.82, 2.24) is 0 Å². The number of hydrogen-bond donors (Lipinski definition) is 0. The van der Waals surface area contributed by atoms with E-state index in [2.05, 4.69) is 0 Å². The molecule has 0 N–H and O–H groups in total. The van der Waals surface area contributed by atoms with E-state index in [1.54, 1.807) is 13.0 Å². The molecule has 0 bridgehead atoms. The van der Waals surface area contributed by atoms with Crippen LogP contribution in [0.3, 0.4) is 0 Å². The molecule has 4 heteroatoms. The Hall–Kier alpha value is -0.700. The molecule has 0 aliphatic heterocycles. The molecular weight excluding hydrogens is 225 g/mol. The first-order valence-corrected chi connectivity index (χ1v) is 5.14. The van der Waals surface area contributed by atoms with Crippen LogP contribution in [0.4, 0.5) is 13.2 Å². The third-order valence-corrected chi connectivity index (χ3v) is 3.13. The number of alkyl halides is 3. The van der Waals surface area contributed by atoms with Crippen molar-refractivity contribution < 1.29 is 13.2 Å². The van der Waals surface area contributed by atoms with Crippen LogP contribution < -0.4 is 0 Å². The van der Waals surface area contributed by atoms with Crippen LogP contribution >= 0.6 is 11.6 Å². The van der Waals surface area contributed by atoms with Gasteiger partial charge in [0, 0.05) is 0 Å². The van der Waals surface area contributed by atoms with Gasteiger partial charge >= 0.3 is 6.18 Å². The molecule has 82 valence electrons. The zero-order valence-corrected chi connectivity index (χ0v) is 8.91. The Bertz CT molecular complexity index is 392. The maximum atomic E-state index is 12.6. The molecule has 1 aliphatic rings. The topological polar surface area (TPSA) is 0 Å². The molecule has 0 atom stereocenters. The van der Waals surface area contributed by atoms with Crippen LogP contribution in [-0.4, -0.2) is 0 Å². The number of rotatable bonds is 1. The van der Waals surface area contributed by atoms with E-state index < -0.39 is 11.7 Å². The van der Waals surface area contributed by atoms with Crippen LogP contribution in [0.25, 0.3) is 0 Å². The largest absolute Gasteiger partial charge is 0.417 e. The van der Waals surface area contributed by atoms with Crippen LogP contribution in [0.2, 0.25) is 5.02 Å². The van der Waals surface area contributed by atoms with Crippen molar-refractivity contribution in [3.05, 3.63) is 33.8 Å². The van der Waals surface area contributed by atoms with Crippen LogP contribution in [0.5, 0.6) is 0 Å². The second-order valence-corrected chi connectivity index (χ2v) is 4.35. The lowest BCUT2D eigenvalue weighted by atomic mass is 10.0. The minimum atomic E-state index is -4.35. The summed E-state index contributed by atoms with van der Waals surface area (Å²) in [5.74, 6) is 0.307. The van der Waals surface area contributed by atoms with Crippen molar-refractivity contribution in [1.29, 1.82) is 0 Å². The Morgan fingerprint density at radius 2 is 1.87 bits per heavy atom. The monoisotopic (exact) mass is 234 g/mol. The average Bonchev–Trinajstić information content (AvgIpc) is 2.90. The highest BCUT2D eigenvalue weighted by Crippen LogP contribution is 2.44. The van der Waals surface area contributed by atoms with E-state index in [0.29, 0.717) is 11.5 Å². The summed E-state index contributed by atoms with van der Waals surface area (Å²) in [5, 5.41) is -0.174. The van der Waals surface area contributed by atoms with Crippen molar-refractivity contribution in [2.45, 2.75) is 31.9 Å². The average molecular weight is 235 g/mol. The Morgan fingerprint density at radius 1 is 1.27 bits per heavy atom. The zero-order valence-electron chi connectivity index (χ0n) is 8.16. The zero-order chi connectivity index (χ0) is 11.2. The van der Waals surface area contributed by atoms with Gasteiger partial charge in [0.25, 0.3) is 0 Å². The number of aryl methyl sites for hydroxylation is 1. The molecule has 1 aromatic carbocycles. The molecule has 0 unspecified atom stereocenters. The number of benzene rings is 1. The van der Waals surface area contributed by atoms with Crippen molar-refractivity contribution in [3.63, 3.8) is 0 Å². The van der Waals surface area contributed by atoms with Crippen LogP contribution in [0, 0.1) is 6.92 Å².